The van der Waals surface area contributed by atoms with Gasteiger partial charge in [0.2, 0.25) is 0 Å². The van der Waals surface area contributed by atoms with Gasteiger partial charge < -0.3 is 5.11 Å². The maximum atomic E-state index is 8.73. The van der Waals surface area contributed by atoms with Crippen LogP contribution in [0.25, 0.3) is 0 Å². The topological polar surface area (TPSA) is 20.2 Å². The largest absolute Gasteiger partial charge is 0.396 e. The third-order valence-electron chi connectivity index (χ3n) is 1.70. The number of hydrogen-bond donors (Lipinski definition) is 1. The molecule has 1 heteroatoms. The van der Waals surface area contributed by atoms with Crippen LogP contribution in [0.4, 0.5) is 0 Å². The van der Waals surface area contributed by atoms with Crippen LogP contribution < -0.4 is 0 Å². The van der Waals surface area contributed by atoms with Crippen molar-refractivity contribution in [2.75, 3.05) is 6.61 Å². The lowest BCUT2D eigenvalue weighted by molar-refractivity contribution is 0.212. The third-order valence-corrected chi connectivity index (χ3v) is 1.70. The molecule has 0 heterocycles. The van der Waals surface area contributed by atoms with Gasteiger partial charge in [-0.2, -0.15) is 0 Å². The SMILES string of the molecule is C[C@@H](CO)CCC(C)(C)C. The monoisotopic (exact) mass is 144 g/mol. The Kier molecular flexibility index (Phi) is 3.95. The molecule has 1 nitrogen and oxygen atoms in total. The van der Waals surface area contributed by atoms with Crippen molar-refractivity contribution in [2.45, 2.75) is 40.5 Å². The number of hydrogen-bond acceptors (Lipinski definition) is 1. The Bertz CT molecular complexity index is 81.2. The van der Waals surface area contributed by atoms with E-state index in [1.54, 1.807) is 0 Å². The van der Waals surface area contributed by atoms with E-state index in [0.29, 0.717) is 17.9 Å². The Morgan fingerprint density at radius 2 is 1.80 bits per heavy atom. The first-order valence-electron chi connectivity index (χ1n) is 4.06. The molecule has 0 saturated carbocycles. The summed E-state index contributed by atoms with van der Waals surface area (Å²) in [5, 5.41) is 8.73. The van der Waals surface area contributed by atoms with Crippen LogP contribution in [0.1, 0.15) is 40.5 Å². The maximum Gasteiger partial charge on any atom is 0.0456 e. The molecule has 0 aromatic carbocycles. The van der Waals surface area contributed by atoms with Gasteiger partial charge >= 0.3 is 0 Å². The van der Waals surface area contributed by atoms with Crippen molar-refractivity contribution >= 4 is 0 Å². The second-order valence-corrected chi connectivity index (χ2v) is 4.39. The van der Waals surface area contributed by atoms with E-state index in [0.717, 1.165) is 6.42 Å². The molecule has 0 bridgehead atoms. The second-order valence-electron chi connectivity index (χ2n) is 4.39. The highest BCUT2D eigenvalue weighted by Gasteiger charge is 2.11. The lowest BCUT2D eigenvalue weighted by Gasteiger charge is -2.19. The van der Waals surface area contributed by atoms with Crippen molar-refractivity contribution < 1.29 is 5.11 Å². The minimum Gasteiger partial charge on any atom is -0.396 e. The van der Waals surface area contributed by atoms with Gasteiger partial charge in [0.1, 0.15) is 0 Å². The third kappa shape index (κ3) is 6.09. The molecule has 0 radical (unpaired) electrons. The average molecular weight is 144 g/mol. The molecule has 1 atom stereocenters. The summed E-state index contributed by atoms with van der Waals surface area (Å²) in [6.07, 6.45) is 2.34. The molecule has 62 valence electrons. The van der Waals surface area contributed by atoms with Crippen molar-refractivity contribution in [1.82, 2.24) is 0 Å². The van der Waals surface area contributed by atoms with Crippen LogP contribution in [0, 0.1) is 11.3 Å². The molecule has 0 aliphatic carbocycles. The number of aliphatic hydroxyl groups is 1. The summed E-state index contributed by atoms with van der Waals surface area (Å²) in [7, 11) is 0. The van der Waals surface area contributed by atoms with E-state index in [9.17, 15) is 0 Å². The van der Waals surface area contributed by atoms with Crippen LogP contribution in [0.2, 0.25) is 0 Å². The zero-order valence-electron chi connectivity index (χ0n) is 7.65. The lowest BCUT2D eigenvalue weighted by atomic mass is 9.87. The fraction of sp³-hybridized carbons (Fsp3) is 1.00. The van der Waals surface area contributed by atoms with E-state index in [1.807, 2.05) is 0 Å². The van der Waals surface area contributed by atoms with Crippen LogP contribution in [0.15, 0.2) is 0 Å². The standard InChI is InChI=1S/C9H20O/c1-8(7-10)5-6-9(2,3)4/h8,10H,5-7H2,1-4H3/t8-/m1/s1. The fourth-order valence-corrected chi connectivity index (χ4v) is 0.771. The minimum atomic E-state index is 0.329. The molecule has 0 aromatic heterocycles. The molecule has 0 spiro atoms. The van der Waals surface area contributed by atoms with E-state index >= 15 is 0 Å². The summed E-state index contributed by atoms with van der Waals surface area (Å²) in [4.78, 5) is 0. The molecule has 0 aliphatic heterocycles. The first-order valence-corrected chi connectivity index (χ1v) is 4.06. The van der Waals surface area contributed by atoms with Gasteiger partial charge in [-0.15, -0.1) is 0 Å². The van der Waals surface area contributed by atoms with Crippen molar-refractivity contribution in [3.63, 3.8) is 0 Å². The Hall–Kier alpha value is -0.0400. The first-order chi connectivity index (χ1) is 4.45. The van der Waals surface area contributed by atoms with Gasteiger partial charge in [0.25, 0.3) is 0 Å². The maximum absolute atomic E-state index is 8.73. The predicted octanol–water partition coefficient (Wildman–Crippen LogP) is 2.44. The highest BCUT2D eigenvalue weighted by molar-refractivity contribution is 4.63. The van der Waals surface area contributed by atoms with Crippen LogP contribution in [0.5, 0.6) is 0 Å². The molecular formula is C9H20O. The van der Waals surface area contributed by atoms with Crippen LogP contribution in [0.3, 0.4) is 0 Å². The Balaban J connectivity index is 3.36. The summed E-state index contributed by atoms with van der Waals surface area (Å²) in [5.41, 5.74) is 0.420. The van der Waals surface area contributed by atoms with Gasteiger partial charge in [-0.1, -0.05) is 27.7 Å². The second kappa shape index (κ2) is 3.97. The Labute approximate surface area is 64.5 Å². The molecule has 0 aromatic rings. The van der Waals surface area contributed by atoms with Gasteiger partial charge in [-0.05, 0) is 24.2 Å². The van der Waals surface area contributed by atoms with Crippen molar-refractivity contribution in [3.8, 4) is 0 Å². The minimum absolute atomic E-state index is 0.329. The summed E-state index contributed by atoms with van der Waals surface area (Å²) in [6, 6.07) is 0. The van der Waals surface area contributed by atoms with E-state index in [1.165, 1.54) is 6.42 Å². The smallest absolute Gasteiger partial charge is 0.0456 e. The van der Waals surface area contributed by atoms with Crippen molar-refractivity contribution in [1.29, 1.82) is 0 Å². The first kappa shape index (κ1) is 9.96. The molecule has 0 unspecified atom stereocenters. The molecule has 0 rings (SSSR count). The summed E-state index contributed by atoms with van der Waals surface area (Å²) < 4.78 is 0. The van der Waals surface area contributed by atoms with Gasteiger partial charge in [-0.25, -0.2) is 0 Å². The Morgan fingerprint density at radius 3 is 2.10 bits per heavy atom. The van der Waals surface area contributed by atoms with Crippen molar-refractivity contribution in [2.24, 2.45) is 11.3 Å². The van der Waals surface area contributed by atoms with E-state index in [-0.39, 0.29) is 0 Å². The van der Waals surface area contributed by atoms with Crippen LogP contribution in [-0.2, 0) is 0 Å². The normalized spacial score (nSPS) is 15.3. The average Bonchev–Trinajstić information content (AvgIpc) is 1.81. The quantitative estimate of drug-likeness (QED) is 0.645. The molecule has 0 saturated heterocycles. The van der Waals surface area contributed by atoms with Crippen molar-refractivity contribution in [3.05, 3.63) is 0 Å². The molecule has 10 heavy (non-hydrogen) atoms. The predicted molar refractivity (Wildman–Crippen MR) is 44.9 cm³/mol. The zero-order chi connectivity index (χ0) is 8.20. The highest BCUT2D eigenvalue weighted by atomic mass is 16.3. The van der Waals surface area contributed by atoms with E-state index in [4.69, 9.17) is 5.11 Å². The molecular weight excluding hydrogens is 124 g/mol. The molecule has 0 fully saturated rings. The van der Waals surface area contributed by atoms with Crippen LogP contribution in [-0.4, -0.2) is 11.7 Å². The van der Waals surface area contributed by atoms with Gasteiger partial charge in [0.15, 0.2) is 0 Å². The molecule has 0 amide bonds. The van der Waals surface area contributed by atoms with Gasteiger partial charge in [0.05, 0.1) is 0 Å². The molecule has 0 aliphatic rings. The zero-order valence-corrected chi connectivity index (χ0v) is 7.65. The van der Waals surface area contributed by atoms with E-state index in [2.05, 4.69) is 27.7 Å². The summed E-state index contributed by atoms with van der Waals surface area (Å²) >= 11 is 0. The van der Waals surface area contributed by atoms with Gasteiger partial charge in [0, 0.05) is 6.61 Å². The lowest BCUT2D eigenvalue weighted by Crippen LogP contribution is -2.09. The fourth-order valence-electron chi connectivity index (χ4n) is 0.771. The summed E-state index contributed by atoms with van der Waals surface area (Å²) in [5.74, 6) is 0.472. The van der Waals surface area contributed by atoms with Crippen LogP contribution >= 0.6 is 0 Å². The highest BCUT2D eigenvalue weighted by Crippen LogP contribution is 2.22. The molecule has 1 N–H and O–H groups in total. The number of rotatable bonds is 3. The van der Waals surface area contributed by atoms with Gasteiger partial charge in [-0.3, -0.25) is 0 Å². The van der Waals surface area contributed by atoms with E-state index < -0.39 is 0 Å². The Morgan fingerprint density at radius 1 is 1.30 bits per heavy atom. The number of aliphatic hydroxyl groups excluding tert-OH is 1. The summed E-state index contributed by atoms with van der Waals surface area (Å²) in [6.45, 7) is 9.12.